The number of ether oxygens (including phenoxy) is 1. The Morgan fingerprint density at radius 2 is 1.62 bits per heavy atom. The van der Waals surface area contributed by atoms with Crippen molar-refractivity contribution in [1.82, 2.24) is 10.0 Å². The molecule has 0 heterocycles. The number of hydrogen-bond donors (Lipinski definition) is 4. The summed E-state index contributed by atoms with van der Waals surface area (Å²) in [6, 6.07) is 22.8. The fourth-order valence-electron chi connectivity index (χ4n) is 4.06. The maximum Gasteiger partial charge on any atom is 0.268 e. The van der Waals surface area contributed by atoms with Crippen LogP contribution < -0.4 is 14.8 Å². The molecular formula is C30H39ClN2O6S. The molecule has 0 radical (unpaired) electrons. The van der Waals surface area contributed by atoms with E-state index in [2.05, 4.69) is 22.2 Å². The Balaban J connectivity index is 0.00000560. The van der Waals surface area contributed by atoms with Crippen molar-refractivity contribution in [2.24, 2.45) is 0 Å². The molecule has 0 aliphatic carbocycles. The average Bonchev–Trinajstić information content (AvgIpc) is 2.92. The molecule has 0 aromatic heterocycles. The minimum absolute atomic E-state index is 0. The summed E-state index contributed by atoms with van der Waals surface area (Å²) in [5.41, 5.74) is 4.00. The molecule has 0 spiro atoms. The van der Waals surface area contributed by atoms with Gasteiger partial charge in [0.1, 0.15) is 5.75 Å². The van der Waals surface area contributed by atoms with E-state index in [1.165, 1.54) is 5.56 Å². The molecule has 3 rings (SSSR count). The van der Waals surface area contributed by atoms with Crippen molar-refractivity contribution < 1.29 is 28.2 Å². The molecule has 4 N–H and O–H groups in total. The molecule has 3 aromatic carbocycles. The minimum Gasteiger partial charge on any atom is -0.490 e. The van der Waals surface area contributed by atoms with Gasteiger partial charge in [0.2, 0.25) is 10.0 Å². The highest BCUT2D eigenvalue weighted by atomic mass is 35.5. The average molecular weight is 591 g/mol. The quantitative estimate of drug-likeness (QED) is 0.195. The van der Waals surface area contributed by atoms with E-state index < -0.39 is 22.0 Å². The van der Waals surface area contributed by atoms with Crippen molar-refractivity contribution in [1.29, 1.82) is 0 Å². The molecule has 218 valence electrons. The van der Waals surface area contributed by atoms with Gasteiger partial charge < -0.3 is 20.3 Å². The number of aliphatic hydroxyl groups excluding tert-OH is 2. The van der Waals surface area contributed by atoms with Crippen molar-refractivity contribution in [3.8, 4) is 16.9 Å². The van der Waals surface area contributed by atoms with Crippen LogP contribution >= 0.6 is 12.4 Å². The van der Waals surface area contributed by atoms with E-state index in [9.17, 15) is 18.3 Å². The summed E-state index contributed by atoms with van der Waals surface area (Å²) >= 11 is 0. The summed E-state index contributed by atoms with van der Waals surface area (Å²) < 4.78 is 32.2. The zero-order chi connectivity index (χ0) is 28.3. The highest BCUT2D eigenvalue weighted by Gasteiger charge is 2.20. The third-order valence-corrected chi connectivity index (χ3v) is 7.36. The monoisotopic (exact) mass is 590 g/mol. The van der Waals surface area contributed by atoms with Crippen LogP contribution in [0.15, 0.2) is 72.8 Å². The summed E-state index contributed by atoms with van der Waals surface area (Å²) in [6.07, 6.45) is 1.12. The molecule has 40 heavy (non-hydrogen) atoms. The highest BCUT2D eigenvalue weighted by molar-refractivity contribution is 7.90. The summed E-state index contributed by atoms with van der Waals surface area (Å²) in [5, 5.41) is 22.4. The van der Waals surface area contributed by atoms with Gasteiger partial charge in [-0.1, -0.05) is 60.7 Å². The molecule has 3 aromatic rings. The van der Waals surface area contributed by atoms with E-state index in [1.807, 2.05) is 56.3 Å². The number of rotatable bonds is 15. The number of amides is 1. The number of benzene rings is 3. The van der Waals surface area contributed by atoms with E-state index >= 15 is 0 Å². The summed E-state index contributed by atoms with van der Waals surface area (Å²) in [7, 11) is -3.86. The first-order valence-corrected chi connectivity index (χ1v) is 14.8. The van der Waals surface area contributed by atoms with Gasteiger partial charge in [0, 0.05) is 13.2 Å². The Morgan fingerprint density at radius 1 is 0.950 bits per heavy atom. The second-order valence-electron chi connectivity index (χ2n) is 9.64. The second-order valence-corrected chi connectivity index (χ2v) is 11.5. The number of sulfonamides is 1. The van der Waals surface area contributed by atoms with Gasteiger partial charge in [-0.2, -0.15) is 0 Å². The van der Waals surface area contributed by atoms with Crippen LogP contribution in [0.1, 0.15) is 54.3 Å². The van der Waals surface area contributed by atoms with Crippen LogP contribution in [0, 0.1) is 0 Å². The maximum atomic E-state index is 12.7. The van der Waals surface area contributed by atoms with Gasteiger partial charge in [0.15, 0.2) is 0 Å². The Labute approximate surface area is 243 Å². The lowest BCUT2D eigenvalue weighted by Crippen LogP contribution is -2.33. The first-order chi connectivity index (χ1) is 18.7. The Kier molecular flexibility index (Phi) is 13.6. The molecule has 10 heteroatoms. The number of carbonyl (C=O) groups excluding carboxylic acids is 1. The van der Waals surface area contributed by atoms with Gasteiger partial charge >= 0.3 is 0 Å². The summed E-state index contributed by atoms with van der Waals surface area (Å²) in [6.45, 7) is 4.68. The third-order valence-electron chi connectivity index (χ3n) is 6.04. The molecule has 0 aliphatic rings. The van der Waals surface area contributed by atoms with Crippen LogP contribution in [0.25, 0.3) is 11.1 Å². The van der Waals surface area contributed by atoms with Crippen LogP contribution in [-0.2, 0) is 16.4 Å². The van der Waals surface area contributed by atoms with Crippen LogP contribution in [0.3, 0.4) is 0 Å². The van der Waals surface area contributed by atoms with E-state index in [0.717, 1.165) is 36.1 Å². The Morgan fingerprint density at radius 3 is 2.27 bits per heavy atom. The fourth-order valence-corrected chi connectivity index (χ4v) is 5.06. The first kappa shape index (κ1) is 33.3. The number of aliphatic hydroxyl groups is 2. The number of nitrogens with one attached hydrogen (secondary N) is 2. The van der Waals surface area contributed by atoms with Gasteiger partial charge in [-0.15, -0.1) is 12.4 Å². The zero-order valence-electron chi connectivity index (χ0n) is 22.9. The molecular weight excluding hydrogens is 552 g/mol. The van der Waals surface area contributed by atoms with Crippen molar-refractivity contribution in [3.05, 3.63) is 89.5 Å². The van der Waals surface area contributed by atoms with E-state index in [-0.39, 0.29) is 42.9 Å². The van der Waals surface area contributed by atoms with Crippen LogP contribution in [-0.4, -0.2) is 56.1 Å². The molecule has 0 fully saturated rings. The molecule has 0 unspecified atom stereocenters. The fraction of sp³-hybridized carbons (Fsp3) is 0.367. The normalized spacial score (nSPS) is 12.0. The predicted molar refractivity (Wildman–Crippen MR) is 160 cm³/mol. The lowest BCUT2D eigenvalue weighted by molar-refractivity contribution is 0.0975. The molecule has 0 aliphatic heterocycles. The molecule has 1 amide bonds. The molecule has 8 nitrogen and oxygen atoms in total. The SMILES string of the molecule is CC(C)Oc1cc(-c2ccc(CCCNC[C@@H](O)c3ccccc3)cc2)ccc1C(=O)NS(=O)(=O)CCCO.Cl. The van der Waals surface area contributed by atoms with Crippen molar-refractivity contribution in [3.63, 3.8) is 0 Å². The number of carbonyl (C=O) groups is 1. The molecule has 1 atom stereocenters. The van der Waals surface area contributed by atoms with Crippen LogP contribution in [0.2, 0.25) is 0 Å². The van der Waals surface area contributed by atoms with Gasteiger partial charge in [-0.05, 0) is 74.0 Å². The standard InChI is InChI=1S/C30H38N2O6S.ClH/c1-22(2)38-29-20-26(15-16-27(29)30(35)32-39(36,37)19-7-18-33)24-13-11-23(12-14-24)8-6-17-31-21-28(34)25-9-4-3-5-10-25;/h3-5,9-16,20,22,28,31,33-34H,6-8,17-19,21H2,1-2H3,(H,32,35);1H/t28-;/m1./s1. The molecule has 0 bridgehead atoms. The van der Waals surface area contributed by atoms with E-state index in [0.29, 0.717) is 12.3 Å². The van der Waals surface area contributed by atoms with Crippen LogP contribution in [0.4, 0.5) is 0 Å². The number of hydrogen-bond acceptors (Lipinski definition) is 7. The number of aryl methyl sites for hydroxylation is 1. The Bertz CT molecular complexity index is 1300. The van der Waals surface area contributed by atoms with Crippen molar-refractivity contribution in [2.75, 3.05) is 25.4 Å². The Hall–Kier alpha value is -2.95. The summed E-state index contributed by atoms with van der Waals surface area (Å²) in [4.78, 5) is 12.7. The van der Waals surface area contributed by atoms with Crippen LogP contribution in [0.5, 0.6) is 5.75 Å². The van der Waals surface area contributed by atoms with E-state index in [4.69, 9.17) is 9.84 Å². The predicted octanol–water partition coefficient (Wildman–Crippen LogP) is 4.26. The van der Waals surface area contributed by atoms with Gasteiger partial charge in [-0.25, -0.2) is 13.1 Å². The largest absolute Gasteiger partial charge is 0.490 e. The van der Waals surface area contributed by atoms with Gasteiger partial charge in [-0.3, -0.25) is 4.79 Å². The minimum atomic E-state index is -3.86. The number of halogens is 1. The topological polar surface area (TPSA) is 125 Å². The van der Waals surface area contributed by atoms with Gasteiger partial charge in [0.05, 0.1) is 23.5 Å². The van der Waals surface area contributed by atoms with Crippen molar-refractivity contribution >= 4 is 28.3 Å². The summed E-state index contributed by atoms with van der Waals surface area (Å²) in [5.74, 6) is -0.813. The smallest absolute Gasteiger partial charge is 0.268 e. The third kappa shape index (κ3) is 10.6. The first-order valence-electron chi connectivity index (χ1n) is 13.2. The molecule has 0 saturated heterocycles. The van der Waals surface area contributed by atoms with E-state index in [1.54, 1.807) is 18.2 Å². The maximum absolute atomic E-state index is 12.7. The zero-order valence-corrected chi connectivity index (χ0v) is 24.5. The second kappa shape index (κ2) is 16.3. The molecule has 0 saturated carbocycles. The van der Waals surface area contributed by atoms with Gasteiger partial charge in [0.25, 0.3) is 5.91 Å². The van der Waals surface area contributed by atoms with Crippen molar-refractivity contribution in [2.45, 2.75) is 45.3 Å². The lowest BCUT2D eigenvalue weighted by atomic mass is 10.00. The highest BCUT2D eigenvalue weighted by Crippen LogP contribution is 2.29. The lowest BCUT2D eigenvalue weighted by Gasteiger charge is -2.16.